The second-order valence-electron chi connectivity index (χ2n) is 7.12. The van der Waals surface area contributed by atoms with Crippen LogP contribution in [0.2, 0.25) is 0 Å². The highest BCUT2D eigenvalue weighted by Crippen LogP contribution is 2.58. The molecule has 0 bridgehead atoms. The smallest absolute Gasteiger partial charge is 0.0711 e. The second-order valence-corrected chi connectivity index (χ2v) is 9.97. The van der Waals surface area contributed by atoms with Crippen LogP contribution < -0.4 is 0 Å². The number of hydrogen-bond donors (Lipinski definition) is 0. The summed E-state index contributed by atoms with van der Waals surface area (Å²) in [6.07, 6.45) is 6.05. The average Bonchev–Trinajstić information content (AvgIpc) is 2.99. The summed E-state index contributed by atoms with van der Waals surface area (Å²) < 4.78 is 1.81. The summed E-state index contributed by atoms with van der Waals surface area (Å²) in [6, 6.07) is 29.0. The summed E-state index contributed by atoms with van der Waals surface area (Å²) in [5, 5.41) is 0. The molecule has 0 saturated heterocycles. The van der Waals surface area contributed by atoms with E-state index in [0.29, 0.717) is 3.92 Å². The Bertz CT molecular complexity index is 1020. The standard InChI is InChI=1S/C25H18I2/c26-19-11-13-21-22-14-12-20(27)16-24(22)25(23(21)15-19,17-7-3-1-4-8-17)18-9-5-2-6-10-18/h1-11,13-16,20H,12H2. The number of rotatable bonds is 2. The Kier molecular flexibility index (Phi) is 4.51. The van der Waals surface area contributed by atoms with E-state index in [-0.39, 0.29) is 5.41 Å². The van der Waals surface area contributed by atoms with Gasteiger partial charge in [0.2, 0.25) is 0 Å². The molecule has 0 nitrogen and oxygen atoms in total. The highest BCUT2D eigenvalue weighted by atomic mass is 127. The van der Waals surface area contributed by atoms with Gasteiger partial charge < -0.3 is 0 Å². The fraction of sp³-hybridized carbons (Fsp3) is 0.120. The zero-order chi connectivity index (χ0) is 18.4. The Hall–Kier alpha value is -1.40. The maximum atomic E-state index is 2.57. The molecule has 0 heterocycles. The molecule has 0 fully saturated rings. The van der Waals surface area contributed by atoms with E-state index in [2.05, 4.69) is 136 Å². The second kappa shape index (κ2) is 6.89. The van der Waals surface area contributed by atoms with Crippen LogP contribution in [0.4, 0.5) is 0 Å². The Morgan fingerprint density at radius 1 is 0.815 bits per heavy atom. The minimum absolute atomic E-state index is 0.241. The minimum Gasteiger partial charge on any atom is -0.0777 e. The maximum absolute atomic E-state index is 2.57. The number of fused-ring (bicyclic) bond motifs is 3. The van der Waals surface area contributed by atoms with Crippen molar-refractivity contribution < 1.29 is 0 Å². The van der Waals surface area contributed by atoms with Crippen molar-refractivity contribution in [1.29, 1.82) is 0 Å². The highest BCUT2D eigenvalue weighted by molar-refractivity contribution is 14.1. The van der Waals surface area contributed by atoms with Crippen LogP contribution in [0.15, 0.2) is 96.6 Å². The molecule has 1 atom stereocenters. The van der Waals surface area contributed by atoms with Gasteiger partial charge >= 0.3 is 0 Å². The first-order chi connectivity index (χ1) is 13.2. The van der Waals surface area contributed by atoms with E-state index < -0.39 is 0 Å². The fourth-order valence-electron chi connectivity index (χ4n) is 4.63. The van der Waals surface area contributed by atoms with Crippen LogP contribution in [0.5, 0.6) is 0 Å². The SMILES string of the molecule is Ic1ccc2c(c1)C(c1ccccc1)(c1ccccc1)C1=CC(I)CC=C12. The lowest BCUT2D eigenvalue weighted by Crippen LogP contribution is -2.29. The van der Waals surface area contributed by atoms with Crippen molar-refractivity contribution in [2.24, 2.45) is 0 Å². The molecular formula is C25H18I2. The van der Waals surface area contributed by atoms with Gasteiger partial charge in [-0.15, -0.1) is 0 Å². The predicted octanol–water partition coefficient (Wildman–Crippen LogP) is 7.16. The van der Waals surface area contributed by atoms with Crippen LogP contribution in [0.3, 0.4) is 0 Å². The molecule has 0 aromatic heterocycles. The molecule has 27 heavy (non-hydrogen) atoms. The van der Waals surface area contributed by atoms with Gasteiger partial charge in [0.25, 0.3) is 0 Å². The summed E-state index contributed by atoms with van der Waals surface area (Å²) in [6.45, 7) is 0. The molecule has 3 aromatic carbocycles. The number of benzene rings is 3. The Morgan fingerprint density at radius 3 is 2.07 bits per heavy atom. The summed E-state index contributed by atoms with van der Waals surface area (Å²) in [7, 11) is 0. The van der Waals surface area contributed by atoms with Gasteiger partial charge in [-0.2, -0.15) is 0 Å². The molecule has 2 heteroatoms. The number of alkyl halides is 1. The largest absolute Gasteiger partial charge is 0.0777 e. The first-order valence-corrected chi connectivity index (χ1v) is 11.5. The van der Waals surface area contributed by atoms with E-state index in [1.807, 2.05) is 0 Å². The quantitative estimate of drug-likeness (QED) is 0.226. The van der Waals surface area contributed by atoms with Gasteiger partial charge in [-0.25, -0.2) is 0 Å². The van der Waals surface area contributed by atoms with Crippen molar-refractivity contribution in [2.75, 3.05) is 0 Å². The minimum atomic E-state index is -0.241. The lowest BCUT2D eigenvalue weighted by Gasteiger charge is -2.35. The Morgan fingerprint density at radius 2 is 1.44 bits per heavy atom. The van der Waals surface area contributed by atoms with E-state index in [9.17, 15) is 0 Å². The van der Waals surface area contributed by atoms with Gasteiger partial charge in [-0.1, -0.05) is 101 Å². The highest BCUT2D eigenvalue weighted by Gasteiger charge is 2.48. The zero-order valence-corrected chi connectivity index (χ0v) is 19.0. The molecular weight excluding hydrogens is 554 g/mol. The molecule has 132 valence electrons. The van der Waals surface area contributed by atoms with Crippen molar-refractivity contribution in [2.45, 2.75) is 15.8 Å². The molecule has 1 unspecified atom stereocenters. The van der Waals surface area contributed by atoms with Gasteiger partial charge in [-0.3, -0.25) is 0 Å². The molecule has 0 amide bonds. The van der Waals surface area contributed by atoms with E-state index >= 15 is 0 Å². The molecule has 0 spiro atoms. The van der Waals surface area contributed by atoms with Gasteiger partial charge in [-0.05, 0) is 74.5 Å². The van der Waals surface area contributed by atoms with Gasteiger partial charge in [0.05, 0.1) is 5.41 Å². The molecule has 2 aliphatic rings. The van der Waals surface area contributed by atoms with Crippen molar-refractivity contribution in [3.8, 4) is 0 Å². The van der Waals surface area contributed by atoms with Crippen molar-refractivity contribution in [1.82, 2.24) is 0 Å². The normalized spacial score (nSPS) is 19.7. The lowest BCUT2D eigenvalue weighted by atomic mass is 9.67. The Balaban J connectivity index is 1.95. The van der Waals surface area contributed by atoms with Crippen LogP contribution in [0, 0.1) is 3.57 Å². The van der Waals surface area contributed by atoms with Gasteiger partial charge in [0.15, 0.2) is 0 Å². The summed E-state index contributed by atoms with van der Waals surface area (Å²) in [5.41, 5.74) is 8.12. The summed E-state index contributed by atoms with van der Waals surface area (Å²) in [5.74, 6) is 0. The van der Waals surface area contributed by atoms with E-state index in [1.54, 1.807) is 0 Å². The lowest BCUT2D eigenvalue weighted by molar-refractivity contribution is 0.760. The third-order valence-electron chi connectivity index (χ3n) is 5.68. The average molecular weight is 572 g/mol. The van der Waals surface area contributed by atoms with Gasteiger partial charge in [0.1, 0.15) is 0 Å². The summed E-state index contributed by atoms with van der Waals surface area (Å²) in [4.78, 5) is 0. The number of halogens is 2. The molecule has 5 rings (SSSR count). The summed E-state index contributed by atoms with van der Waals surface area (Å²) >= 11 is 5.02. The third kappa shape index (κ3) is 2.67. The van der Waals surface area contributed by atoms with Crippen LogP contribution >= 0.6 is 45.2 Å². The van der Waals surface area contributed by atoms with Crippen LogP contribution in [-0.2, 0) is 5.41 Å². The zero-order valence-electron chi connectivity index (χ0n) is 14.7. The topological polar surface area (TPSA) is 0 Å². The van der Waals surface area contributed by atoms with Crippen molar-refractivity contribution >= 4 is 50.8 Å². The van der Waals surface area contributed by atoms with Crippen LogP contribution in [0.25, 0.3) is 5.57 Å². The predicted molar refractivity (Wildman–Crippen MR) is 130 cm³/mol. The first-order valence-electron chi connectivity index (χ1n) is 9.19. The van der Waals surface area contributed by atoms with Crippen LogP contribution in [0.1, 0.15) is 28.7 Å². The van der Waals surface area contributed by atoms with Gasteiger partial charge in [0, 0.05) is 7.49 Å². The van der Waals surface area contributed by atoms with E-state index in [1.165, 1.54) is 37.0 Å². The number of hydrogen-bond acceptors (Lipinski definition) is 0. The van der Waals surface area contributed by atoms with E-state index in [0.717, 1.165) is 6.42 Å². The van der Waals surface area contributed by atoms with E-state index in [4.69, 9.17) is 0 Å². The third-order valence-corrected chi connectivity index (χ3v) is 7.22. The van der Waals surface area contributed by atoms with Crippen molar-refractivity contribution in [3.63, 3.8) is 0 Å². The molecule has 2 aliphatic carbocycles. The molecule has 0 N–H and O–H groups in total. The number of allylic oxidation sites excluding steroid dienone is 4. The van der Waals surface area contributed by atoms with Crippen molar-refractivity contribution in [3.05, 3.63) is 122 Å². The first kappa shape index (κ1) is 17.7. The molecule has 3 aromatic rings. The molecule has 0 radical (unpaired) electrons. The molecule has 0 saturated carbocycles. The maximum Gasteiger partial charge on any atom is 0.0711 e. The monoisotopic (exact) mass is 572 g/mol. The molecule has 0 aliphatic heterocycles. The fourth-order valence-corrected chi connectivity index (χ4v) is 5.74. The van der Waals surface area contributed by atoms with Crippen LogP contribution in [-0.4, -0.2) is 3.92 Å². The Labute approximate surface area is 187 Å².